The number of rotatable bonds is 3. The van der Waals surface area contributed by atoms with Gasteiger partial charge in [-0.15, -0.1) is 0 Å². The molecule has 20 heavy (non-hydrogen) atoms. The van der Waals surface area contributed by atoms with Crippen LogP contribution in [0.4, 0.5) is 0 Å². The minimum Gasteiger partial charge on any atom is -0.457 e. The Morgan fingerprint density at radius 1 is 1.20 bits per heavy atom. The van der Waals surface area contributed by atoms with Gasteiger partial charge in [0.2, 0.25) is 0 Å². The zero-order valence-electron chi connectivity index (χ0n) is 11.4. The van der Waals surface area contributed by atoms with E-state index in [0.717, 1.165) is 15.6 Å². The van der Waals surface area contributed by atoms with Crippen molar-refractivity contribution >= 4 is 15.9 Å². The molecule has 0 amide bonds. The second-order valence-electron chi connectivity index (χ2n) is 4.66. The molecule has 2 aromatic rings. The molecule has 0 radical (unpaired) electrons. The number of aryl methyl sites for hydroxylation is 1. The van der Waals surface area contributed by atoms with Crippen LogP contribution in [0.5, 0.6) is 11.5 Å². The van der Waals surface area contributed by atoms with E-state index in [1.165, 1.54) is 0 Å². The van der Waals surface area contributed by atoms with Crippen LogP contribution in [-0.2, 0) is 0 Å². The number of ether oxygens (including phenoxy) is 1. The summed E-state index contributed by atoms with van der Waals surface area (Å²) in [6.07, 6.45) is 0. The van der Waals surface area contributed by atoms with Crippen molar-refractivity contribution < 1.29 is 4.74 Å². The van der Waals surface area contributed by atoms with Crippen LogP contribution in [-0.4, -0.2) is 0 Å². The first-order chi connectivity index (χ1) is 9.51. The molecule has 102 valence electrons. The third-order valence-corrected chi connectivity index (χ3v) is 3.50. The van der Waals surface area contributed by atoms with Gasteiger partial charge in [0.1, 0.15) is 11.5 Å². The monoisotopic (exact) mass is 330 g/mol. The summed E-state index contributed by atoms with van der Waals surface area (Å²) < 4.78 is 6.89. The van der Waals surface area contributed by atoms with E-state index in [9.17, 15) is 0 Å². The Hall–Kier alpha value is -1.83. The van der Waals surface area contributed by atoms with Crippen LogP contribution in [0.15, 0.2) is 40.9 Å². The molecule has 0 aliphatic carbocycles. The largest absolute Gasteiger partial charge is 0.457 e. The Balaban J connectivity index is 2.44. The van der Waals surface area contributed by atoms with Gasteiger partial charge < -0.3 is 10.5 Å². The van der Waals surface area contributed by atoms with Crippen LogP contribution in [0.2, 0.25) is 0 Å². The number of hydrogen-bond acceptors (Lipinski definition) is 3. The fraction of sp³-hybridized carbons (Fsp3) is 0.188. The van der Waals surface area contributed by atoms with E-state index in [1.54, 1.807) is 12.1 Å². The van der Waals surface area contributed by atoms with Gasteiger partial charge in [-0.1, -0.05) is 28.1 Å². The molecular formula is C16H15BrN2O. The van der Waals surface area contributed by atoms with Crippen LogP contribution < -0.4 is 10.5 Å². The first kappa shape index (κ1) is 14.6. The van der Waals surface area contributed by atoms with Crippen LogP contribution >= 0.6 is 15.9 Å². The minimum absolute atomic E-state index is 0.127. The molecule has 1 atom stereocenters. The normalized spacial score (nSPS) is 11.8. The van der Waals surface area contributed by atoms with Gasteiger partial charge in [-0.3, -0.25) is 0 Å². The van der Waals surface area contributed by atoms with Gasteiger partial charge in [-0.2, -0.15) is 5.26 Å². The molecule has 2 N–H and O–H groups in total. The molecule has 0 aliphatic rings. The number of hydrogen-bond donors (Lipinski definition) is 1. The van der Waals surface area contributed by atoms with Crippen LogP contribution in [0.3, 0.4) is 0 Å². The van der Waals surface area contributed by atoms with Gasteiger partial charge in [-0.25, -0.2) is 0 Å². The van der Waals surface area contributed by atoms with E-state index < -0.39 is 0 Å². The molecule has 2 rings (SSSR count). The second kappa shape index (κ2) is 6.08. The van der Waals surface area contributed by atoms with Crippen molar-refractivity contribution in [1.29, 1.82) is 5.26 Å². The number of benzene rings is 2. The quantitative estimate of drug-likeness (QED) is 0.904. The predicted molar refractivity (Wildman–Crippen MR) is 82.7 cm³/mol. The van der Waals surface area contributed by atoms with Crippen molar-refractivity contribution in [3.63, 3.8) is 0 Å². The fourth-order valence-corrected chi connectivity index (χ4v) is 2.21. The first-order valence-corrected chi connectivity index (χ1v) is 7.04. The topological polar surface area (TPSA) is 59.0 Å². The summed E-state index contributed by atoms with van der Waals surface area (Å²) in [7, 11) is 0. The van der Waals surface area contributed by atoms with E-state index in [-0.39, 0.29) is 6.04 Å². The van der Waals surface area contributed by atoms with Crippen LogP contribution in [0.25, 0.3) is 0 Å². The molecule has 3 nitrogen and oxygen atoms in total. The summed E-state index contributed by atoms with van der Waals surface area (Å²) in [5.74, 6) is 1.37. The van der Waals surface area contributed by atoms with Gasteiger partial charge in [0.25, 0.3) is 0 Å². The molecule has 4 heteroatoms. The maximum absolute atomic E-state index is 8.97. The molecule has 0 fully saturated rings. The van der Waals surface area contributed by atoms with Gasteiger partial charge in [0.15, 0.2) is 0 Å². The van der Waals surface area contributed by atoms with Crippen molar-refractivity contribution in [3.05, 3.63) is 57.6 Å². The maximum atomic E-state index is 8.97. The summed E-state index contributed by atoms with van der Waals surface area (Å²) in [6, 6.07) is 13.1. The van der Waals surface area contributed by atoms with Crippen molar-refractivity contribution in [2.45, 2.75) is 19.9 Å². The fourth-order valence-electron chi connectivity index (χ4n) is 1.87. The zero-order chi connectivity index (χ0) is 14.7. The Kier molecular flexibility index (Phi) is 4.43. The van der Waals surface area contributed by atoms with Crippen molar-refractivity contribution in [1.82, 2.24) is 0 Å². The number of nitrogens with zero attached hydrogens (tertiary/aromatic N) is 1. The third-order valence-electron chi connectivity index (χ3n) is 3.00. The standard InChI is InChI=1S/C16H15BrN2O/c1-10-3-4-12(9-18)7-15(10)20-16-8-13(17)5-6-14(16)11(2)19/h3-8,11H,19H2,1-2H3. The number of nitrogens with two attached hydrogens (primary N) is 1. The third kappa shape index (κ3) is 3.19. The Bertz CT molecular complexity index is 675. The van der Waals surface area contributed by atoms with E-state index in [4.69, 9.17) is 15.7 Å². The predicted octanol–water partition coefficient (Wildman–Crippen LogP) is 4.44. The summed E-state index contributed by atoms with van der Waals surface area (Å²) in [5, 5.41) is 8.97. The smallest absolute Gasteiger partial charge is 0.133 e. The highest BCUT2D eigenvalue weighted by atomic mass is 79.9. The lowest BCUT2D eigenvalue weighted by molar-refractivity contribution is 0.468. The molecule has 2 aromatic carbocycles. The number of nitriles is 1. The van der Waals surface area contributed by atoms with E-state index in [0.29, 0.717) is 17.1 Å². The highest BCUT2D eigenvalue weighted by Gasteiger charge is 2.11. The average molecular weight is 331 g/mol. The Labute approximate surface area is 127 Å². The molecule has 0 heterocycles. The molecule has 0 saturated heterocycles. The first-order valence-electron chi connectivity index (χ1n) is 6.25. The highest BCUT2D eigenvalue weighted by molar-refractivity contribution is 9.10. The maximum Gasteiger partial charge on any atom is 0.133 e. The van der Waals surface area contributed by atoms with Gasteiger partial charge in [0.05, 0.1) is 11.6 Å². The lowest BCUT2D eigenvalue weighted by Crippen LogP contribution is -2.06. The summed E-state index contributed by atoms with van der Waals surface area (Å²) >= 11 is 3.43. The van der Waals surface area contributed by atoms with Crippen molar-refractivity contribution in [2.24, 2.45) is 5.73 Å². The van der Waals surface area contributed by atoms with Gasteiger partial charge in [0, 0.05) is 16.1 Å². The average Bonchev–Trinajstić information content (AvgIpc) is 2.41. The Morgan fingerprint density at radius 2 is 1.95 bits per heavy atom. The second-order valence-corrected chi connectivity index (χ2v) is 5.58. The lowest BCUT2D eigenvalue weighted by atomic mass is 10.1. The molecule has 0 aliphatic heterocycles. The summed E-state index contributed by atoms with van der Waals surface area (Å²) in [4.78, 5) is 0. The highest BCUT2D eigenvalue weighted by Crippen LogP contribution is 2.33. The summed E-state index contributed by atoms with van der Waals surface area (Å²) in [6.45, 7) is 3.86. The lowest BCUT2D eigenvalue weighted by Gasteiger charge is -2.15. The Morgan fingerprint density at radius 3 is 2.60 bits per heavy atom. The van der Waals surface area contributed by atoms with Gasteiger partial charge >= 0.3 is 0 Å². The van der Waals surface area contributed by atoms with Gasteiger partial charge in [-0.05, 0) is 43.7 Å². The van der Waals surface area contributed by atoms with Crippen LogP contribution in [0.1, 0.15) is 29.7 Å². The van der Waals surface area contributed by atoms with E-state index in [1.807, 2.05) is 38.1 Å². The van der Waals surface area contributed by atoms with E-state index >= 15 is 0 Å². The molecular weight excluding hydrogens is 316 g/mol. The molecule has 0 saturated carbocycles. The molecule has 0 spiro atoms. The summed E-state index contributed by atoms with van der Waals surface area (Å²) in [5.41, 5.74) is 8.43. The van der Waals surface area contributed by atoms with Crippen LogP contribution in [0, 0.1) is 18.3 Å². The molecule has 0 bridgehead atoms. The molecule has 1 unspecified atom stereocenters. The molecule has 0 aromatic heterocycles. The van der Waals surface area contributed by atoms with Crippen molar-refractivity contribution in [2.75, 3.05) is 0 Å². The van der Waals surface area contributed by atoms with Crippen molar-refractivity contribution in [3.8, 4) is 17.6 Å². The number of halogens is 1. The SMILES string of the molecule is Cc1ccc(C#N)cc1Oc1cc(Br)ccc1C(C)N. The van der Waals surface area contributed by atoms with E-state index in [2.05, 4.69) is 22.0 Å². The minimum atomic E-state index is -0.127. The zero-order valence-corrected chi connectivity index (χ0v) is 12.9.